The molecule has 3 heteroatoms. The van der Waals surface area contributed by atoms with Gasteiger partial charge in [-0.25, -0.2) is 0 Å². The first-order valence-corrected chi connectivity index (χ1v) is 8.06. The van der Waals surface area contributed by atoms with Crippen molar-refractivity contribution < 1.29 is 14.3 Å². The molecule has 0 spiro atoms. The number of ether oxygens (including phenoxy) is 2. The summed E-state index contributed by atoms with van der Waals surface area (Å²) >= 11 is 0. The Bertz CT molecular complexity index is 373. The Labute approximate surface area is 128 Å². The molecule has 0 aliphatic carbocycles. The van der Waals surface area contributed by atoms with Crippen molar-refractivity contribution in [3.8, 4) is 5.75 Å². The largest absolute Gasteiger partial charge is 0.491 e. The van der Waals surface area contributed by atoms with Gasteiger partial charge in [0.25, 0.3) is 0 Å². The van der Waals surface area contributed by atoms with Crippen LogP contribution in [0.1, 0.15) is 62.7 Å². The third-order valence-corrected chi connectivity index (χ3v) is 3.40. The highest BCUT2D eigenvalue weighted by Gasteiger charge is 2.03. The predicted octanol–water partition coefficient (Wildman–Crippen LogP) is 4.64. The van der Waals surface area contributed by atoms with E-state index in [2.05, 4.69) is 6.92 Å². The molecule has 0 N–H and O–H groups in total. The van der Waals surface area contributed by atoms with Gasteiger partial charge in [-0.05, 0) is 37.6 Å². The molecule has 1 atom stereocenters. The number of rotatable bonds is 12. The lowest BCUT2D eigenvalue weighted by Gasteiger charge is -2.14. The minimum atomic E-state index is 0.0892. The number of aldehydes is 1. The summed E-state index contributed by atoms with van der Waals surface area (Å²) in [4.78, 5) is 10.6. The first-order valence-electron chi connectivity index (χ1n) is 8.06. The summed E-state index contributed by atoms with van der Waals surface area (Å²) in [5.74, 6) is 0.774. The van der Waals surface area contributed by atoms with Crippen molar-refractivity contribution in [2.24, 2.45) is 0 Å². The molecule has 0 saturated heterocycles. The monoisotopic (exact) mass is 292 g/mol. The summed E-state index contributed by atoms with van der Waals surface area (Å²) in [6, 6.07) is 7.13. The third-order valence-electron chi connectivity index (χ3n) is 3.40. The molecule has 0 aliphatic heterocycles. The fraction of sp³-hybridized carbons (Fsp3) is 0.611. The Morgan fingerprint density at radius 2 is 1.71 bits per heavy atom. The molecular weight excluding hydrogens is 264 g/mol. The van der Waals surface area contributed by atoms with Crippen LogP contribution in [-0.4, -0.2) is 25.6 Å². The minimum absolute atomic E-state index is 0.0892. The van der Waals surface area contributed by atoms with Crippen molar-refractivity contribution >= 4 is 6.29 Å². The summed E-state index contributed by atoms with van der Waals surface area (Å²) in [6.45, 7) is 5.60. The number of benzene rings is 1. The zero-order chi connectivity index (χ0) is 15.3. The number of unbranched alkanes of at least 4 members (excludes halogenated alkanes) is 5. The lowest BCUT2D eigenvalue weighted by molar-refractivity contribution is 0.0302. The van der Waals surface area contributed by atoms with Gasteiger partial charge >= 0.3 is 0 Å². The average Bonchev–Trinajstić information content (AvgIpc) is 2.52. The second kappa shape index (κ2) is 11.3. The van der Waals surface area contributed by atoms with Gasteiger partial charge in [0, 0.05) is 12.2 Å². The Kier molecular flexibility index (Phi) is 9.55. The summed E-state index contributed by atoms with van der Waals surface area (Å²) in [7, 11) is 0. The topological polar surface area (TPSA) is 35.5 Å². The van der Waals surface area contributed by atoms with Crippen LogP contribution in [0.5, 0.6) is 5.75 Å². The molecule has 21 heavy (non-hydrogen) atoms. The van der Waals surface area contributed by atoms with Crippen molar-refractivity contribution in [3.05, 3.63) is 29.8 Å². The molecule has 0 amide bonds. The van der Waals surface area contributed by atoms with Crippen LogP contribution in [0.4, 0.5) is 0 Å². The summed E-state index contributed by atoms with van der Waals surface area (Å²) < 4.78 is 11.4. The van der Waals surface area contributed by atoms with Gasteiger partial charge in [0.15, 0.2) is 0 Å². The van der Waals surface area contributed by atoms with Crippen molar-refractivity contribution in [3.63, 3.8) is 0 Å². The number of carbonyl (C=O) groups excluding carboxylic acids is 1. The van der Waals surface area contributed by atoms with Gasteiger partial charge in [0.05, 0.1) is 6.10 Å². The van der Waals surface area contributed by atoms with Crippen LogP contribution >= 0.6 is 0 Å². The predicted molar refractivity (Wildman–Crippen MR) is 86.1 cm³/mol. The molecule has 0 unspecified atom stereocenters. The molecule has 0 aliphatic rings. The fourth-order valence-corrected chi connectivity index (χ4v) is 2.07. The molecule has 118 valence electrons. The minimum Gasteiger partial charge on any atom is -0.491 e. The molecule has 0 saturated carbocycles. The smallest absolute Gasteiger partial charge is 0.150 e. The average molecular weight is 292 g/mol. The molecule has 0 fully saturated rings. The zero-order valence-electron chi connectivity index (χ0n) is 13.3. The molecule has 3 nitrogen and oxygen atoms in total. The van der Waals surface area contributed by atoms with E-state index in [0.29, 0.717) is 12.2 Å². The fourth-order valence-electron chi connectivity index (χ4n) is 2.07. The van der Waals surface area contributed by atoms with Gasteiger partial charge in [0.2, 0.25) is 0 Å². The van der Waals surface area contributed by atoms with E-state index in [0.717, 1.165) is 25.1 Å². The molecule has 0 radical (unpaired) electrons. The maximum Gasteiger partial charge on any atom is 0.150 e. The van der Waals surface area contributed by atoms with E-state index in [9.17, 15) is 4.79 Å². The molecule has 0 bridgehead atoms. The van der Waals surface area contributed by atoms with E-state index in [1.165, 1.54) is 32.1 Å². The highest BCUT2D eigenvalue weighted by atomic mass is 16.5. The Morgan fingerprint density at radius 1 is 1.05 bits per heavy atom. The Balaban J connectivity index is 2.05. The number of hydrogen-bond acceptors (Lipinski definition) is 3. The van der Waals surface area contributed by atoms with Crippen molar-refractivity contribution in [1.29, 1.82) is 0 Å². The van der Waals surface area contributed by atoms with E-state index in [4.69, 9.17) is 9.47 Å². The molecule has 0 heterocycles. The van der Waals surface area contributed by atoms with Crippen molar-refractivity contribution in [2.75, 3.05) is 13.2 Å². The van der Waals surface area contributed by atoms with Crippen LogP contribution < -0.4 is 4.74 Å². The standard InChI is InChI=1S/C18H28O3/c1-3-4-5-6-7-8-13-20-16(2)15-21-18-11-9-17(14-19)10-12-18/h9-12,14,16H,3-8,13,15H2,1-2H3/t16-/m0/s1. The third kappa shape index (κ3) is 8.51. The molecular formula is C18H28O3. The van der Waals surface area contributed by atoms with Gasteiger partial charge in [-0.3, -0.25) is 4.79 Å². The lowest BCUT2D eigenvalue weighted by Crippen LogP contribution is -2.18. The van der Waals surface area contributed by atoms with E-state index < -0.39 is 0 Å². The van der Waals surface area contributed by atoms with Crippen molar-refractivity contribution in [2.45, 2.75) is 58.5 Å². The normalized spacial score (nSPS) is 12.1. The molecule has 1 aromatic carbocycles. The van der Waals surface area contributed by atoms with Crippen LogP contribution in [0, 0.1) is 0 Å². The van der Waals surface area contributed by atoms with Crippen LogP contribution in [0.3, 0.4) is 0 Å². The second-order valence-electron chi connectivity index (χ2n) is 5.45. The van der Waals surface area contributed by atoms with E-state index in [-0.39, 0.29) is 6.10 Å². The van der Waals surface area contributed by atoms with Gasteiger partial charge < -0.3 is 9.47 Å². The highest BCUT2D eigenvalue weighted by molar-refractivity contribution is 5.74. The Hall–Kier alpha value is -1.35. The van der Waals surface area contributed by atoms with Crippen LogP contribution in [0.2, 0.25) is 0 Å². The highest BCUT2D eigenvalue weighted by Crippen LogP contribution is 2.12. The lowest BCUT2D eigenvalue weighted by atomic mass is 10.1. The summed E-state index contributed by atoms with van der Waals surface area (Å²) in [6.07, 6.45) is 8.58. The van der Waals surface area contributed by atoms with E-state index >= 15 is 0 Å². The van der Waals surface area contributed by atoms with Crippen molar-refractivity contribution in [1.82, 2.24) is 0 Å². The number of carbonyl (C=O) groups is 1. The van der Waals surface area contributed by atoms with Gasteiger partial charge in [-0.1, -0.05) is 39.0 Å². The SMILES string of the molecule is CCCCCCCCO[C@@H](C)COc1ccc(C=O)cc1. The first-order chi connectivity index (χ1) is 10.3. The maximum absolute atomic E-state index is 10.6. The molecule has 0 aromatic heterocycles. The number of hydrogen-bond donors (Lipinski definition) is 0. The second-order valence-corrected chi connectivity index (χ2v) is 5.45. The zero-order valence-corrected chi connectivity index (χ0v) is 13.3. The van der Waals surface area contributed by atoms with E-state index in [1.807, 2.05) is 19.1 Å². The molecule has 1 rings (SSSR count). The van der Waals surface area contributed by atoms with Gasteiger partial charge in [-0.15, -0.1) is 0 Å². The van der Waals surface area contributed by atoms with Gasteiger partial charge in [-0.2, -0.15) is 0 Å². The Morgan fingerprint density at radius 3 is 2.38 bits per heavy atom. The molecule has 1 aromatic rings. The first kappa shape index (κ1) is 17.7. The van der Waals surface area contributed by atoms with E-state index in [1.54, 1.807) is 12.1 Å². The summed E-state index contributed by atoms with van der Waals surface area (Å²) in [5, 5.41) is 0. The van der Waals surface area contributed by atoms with Crippen LogP contribution in [-0.2, 0) is 4.74 Å². The summed E-state index contributed by atoms with van der Waals surface area (Å²) in [5.41, 5.74) is 0.662. The maximum atomic E-state index is 10.6. The van der Waals surface area contributed by atoms with Crippen LogP contribution in [0.15, 0.2) is 24.3 Å². The van der Waals surface area contributed by atoms with Crippen LogP contribution in [0.25, 0.3) is 0 Å². The van der Waals surface area contributed by atoms with Gasteiger partial charge in [0.1, 0.15) is 18.6 Å². The quantitative estimate of drug-likeness (QED) is 0.416.